The van der Waals surface area contributed by atoms with Crippen molar-refractivity contribution < 1.29 is 14.1 Å². The molecule has 19 heavy (non-hydrogen) atoms. The first-order valence-electron chi connectivity index (χ1n) is 6.56. The molecule has 1 fully saturated rings. The van der Waals surface area contributed by atoms with Crippen molar-refractivity contribution in [3.05, 3.63) is 11.8 Å². The van der Waals surface area contributed by atoms with Crippen LogP contribution >= 0.6 is 0 Å². The standard InChI is InChI=1S/C13H19N3O3/c1-9-7-12(15-19-9)14-13(18)8-16(10(2)17)11-5-3-4-6-11/h7,11H,3-6,8H2,1-2H3,(H,14,15,18). The number of amides is 2. The minimum absolute atomic E-state index is 0.0571. The van der Waals surface area contributed by atoms with Gasteiger partial charge in [0.05, 0.1) is 0 Å². The lowest BCUT2D eigenvalue weighted by molar-refractivity contribution is -0.135. The van der Waals surface area contributed by atoms with Crippen molar-refractivity contribution in [3.8, 4) is 0 Å². The Kier molecular flexibility index (Phi) is 4.19. The van der Waals surface area contributed by atoms with Gasteiger partial charge in [-0.3, -0.25) is 9.59 Å². The molecule has 6 nitrogen and oxygen atoms in total. The Hall–Kier alpha value is -1.85. The highest BCUT2D eigenvalue weighted by Gasteiger charge is 2.26. The van der Waals surface area contributed by atoms with Crippen molar-refractivity contribution in [1.29, 1.82) is 0 Å². The molecule has 1 aliphatic carbocycles. The minimum Gasteiger partial charge on any atom is -0.360 e. The lowest BCUT2D eigenvalue weighted by Gasteiger charge is -2.26. The van der Waals surface area contributed by atoms with Crippen molar-refractivity contribution in [3.63, 3.8) is 0 Å². The number of carbonyl (C=O) groups excluding carboxylic acids is 2. The van der Waals surface area contributed by atoms with Gasteiger partial charge in [-0.25, -0.2) is 0 Å². The molecular formula is C13H19N3O3. The number of anilines is 1. The molecule has 0 radical (unpaired) electrons. The quantitative estimate of drug-likeness (QED) is 0.899. The molecule has 104 valence electrons. The number of hydrogen-bond donors (Lipinski definition) is 1. The molecule has 1 N–H and O–H groups in total. The number of aryl methyl sites for hydroxylation is 1. The Labute approximate surface area is 112 Å². The predicted molar refractivity (Wildman–Crippen MR) is 69.5 cm³/mol. The largest absolute Gasteiger partial charge is 0.360 e. The van der Waals surface area contributed by atoms with Crippen LogP contribution in [0.25, 0.3) is 0 Å². The van der Waals surface area contributed by atoms with Gasteiger partial charge in [0.2, 0.25) is 11.8 Å². The van der Waals surface area contributed by atoms with Crippen LogP contribution in [0.1, 0.15) is 38.4 Å². The third-order valence-electron chi connectivity index (χ3n) is 3.38. The van der Waals surface area contributed by atoms with Crippen molar-refractivity contribution in [2.24, 2.45) is 0 Å². The normalized spacial score (nSPS) is 15.5. The maximum atomic E-state index is 11.9. The summed E-state index contributed by atoms with van der Waals surface area (Å²) >= 11 is 0. The van der Waals surface area contributed by atoms with Crippen LogP contribution in [0, 0.1) is 6.92 Å². The third-order valence-corrected chi connectivity index (χ3v) is 3.38. The molecule has 1 aliphatic rings. The average Bonchev–Trinajstić information content (AvgIpc) is 2.97. The highest BCUT2D eigenvalue weighted by molar-refractivity contribution is 5.93. The summed E-state index contributed by atoms with van der Waals surface area (Å²) in [5.74, 6) is 0.723. The first-order chi connectivity index (χ1) is 9.06. The number of carbonyl (C=O) groups is 2. The van der Waals surface area contributed by atoms with E-state index in [-0.39, 0.29) is 24.4 Å². The van der Waals surface area contributed by atoms with Crippen LogP contribution in [0.15, 0.2) is 10.6 Å². The minimum atomic E-state index is -0.240. The van der Waals surface area contributed by atoms with Gasteiger partial charge in [0.25, 0.3) is 0 Å². The van der Waals surface area contributed by atoms with Gasteiger partial charge in [0, 0.05) is 19.0 Å². The van der Waals surface area contributed by atoms with Gasteiger partial charge in [-0.1, -0.05) is 18.0 Å². The van der Waals surface area contributed by atoms with Crippen LogP contribution in [0.4, 0.5) is 5.82 Å². The molecule has 0 aliphatic heterocycles. The smallest absolute Gasteiger partial charge is 0.245 e. The number of aromatic nitrogens is 1. The van der Waals surface area contributed by atoms with E-state index < -0.39 is 0 Å². The summed E-state index contributed by atoms with van der Waals surface area (Å²) in [5.41, 5.74) is 0. The van der Waals surface area contributed by atoms with Crippen LogP contribution in [-0.2, 0) is 9.59 Å². The first-order valence-corrected chi connectivity index (χ1v) is 6.56. The van der Waals surface area contributed by atoms with E-state index in [2.05, 4.69) is 10.5 Å². The molecule has 1 aromatic rings. The second kappa shape index (κ2) is 5.86. The van der Waals surface area contributed by atoms with Gasteiger partial charge in [-0.2, -0.15) is 0 Å². The van der Waals surface area contributed by atoms with E-state index in [1.807, 2.05) is 0 Å². The highest BCUT2D eigenvalue weighted by Crippen LogP contribution is 2.23. The van der Waals surface area contributed by atoms with Crippen molar-refractivity contribution >= 4 is 17.6 Å². The Morgan fingerprint density at radius 2 is 2.16 bits per heavy atom. The maximum Gasteiger partial charge on any atom is 0.245 e. The van der Waals surface area contributed by atoms with Crippen LogP contribution in [-0.4, -0.2) is 34.5 Å². The summed E-state index contributed by atoms with van der Waals surface area (Å²) in [5, 5.41) is 6.33. The van der Waals surface area contributed by atoms with Crippen LogP contribution in [0.3, 0.4) is 0 Å². The van der Waals surface area contributed by atoms with E-state index in [1.54, 1.807) is 17.9 Å². The van der Waals surface area contributed by atoms with Gasteiger partial charge < -0.3 is 14.7 Å². The van der Waals surface area contributed by atoms with Gasteiger partial charge in [-0.15, -0.1) is 0 Å². The molecule has 1 saturated carbocycles. The third kappa shape index (κ3) is 3.56. The number of hydrogen-bond acceptors (Lipinski definition) is 4. The summed E-state index contributed by atoms with van der Waals surface area (Å²) in [4.78, 5) is 25.2. The molecule has 6 heteroatoms. The van der Waals surface area contributed by atoms with Crippen molar-refractivity contribution in [2.75, 3.05) is 11.9 Å². The lowest BCUT2D eigenvalue weighted by atomic mass is 10.2. The summed E-state index contributed by atoms with van der Waals surface area (Å²) in [6.45, 7) is 3.33. The van der Waals surface area contributed by atoms with Gasteiger partial charge in [-0.05, 0) is 19.8 Å². The van der Waals surface area contributed by atoms with E-state index in [0.717, 1.165) is 25.7 Å². The monoisotopic (exact) mass is 265 g/mol. The molecule has 0 unspecified atom stereocenters. The van der Waals surface area contributed by atoms with Crippen molar-refractivity contribution in [1.82, 2.24) is 10.1 Å². The molecule has 0 saturated heterocycles. The Morgan fingerprint density at radius 3 is 2.68 bits per heavy atom. The fourth-order valence-electron chi connectivity index (χ4n) is 2.48. The second-order valence-corrected chi connectivity index (χ2v) is 4.96. The van der Waals surface area contributed by atoms with Crippen LogP contribution < -0.4 is 5.32 Å². The summed E-state index contributed by atoms with van der Waals surface area (Å²) < 4.78 is 4.87. The number of nitrogens with zero attached hydrogens (tertiary/aromatic N) is 2. The summed E-state index contributed by atoms with van der Waals surface area (Å²) in [6.07, 6.45) is 4.21. The second-order valence-electron chi connectivity index (χ2n) is 4.96. The fourth-order valence-corrected chi connectivity index (χ4v) is 2.48. The molecule has 0 bridgehead atoms. The topological polar surface area (TPSA) is 75.4 Å². The fraction of sp³-hybridized carbons (Fsp3) is 0.615. The lowest BCUT2D eigenvalue weighted by Crippen LogP contribution is -2.42. The Bertz CT molecular complexity index is 463. The molecule has 0 aromatic carbocycles. The van der Waals surface area contributed by atoms with Crippen LogP contribution in [0.5, 0.6) is 0 Å². The highest BCUT2D eigenvalue weighted by atomic mass is 16.5. The molecule has 1 aromatic heterocycles. The molecule has 1 heterocycles. The summed E-state index contributed by atoms with van der Waals surface area (Å²) in [6, 6.07) is 1.84. The van der Waals surface area contributed by atoms with Crippen LogP contribution in [0.2, 0.25) is 0 Å². The SMILES string of the molecule is CC(=O)N(CC(=O)Nc1cc(C)on1)C1CCCC1. The molecule has 0 atom stereocenters. The number of nitrogens with one attached hydrogen (secondary N) is 1. The van der Waals surface area contributed by atoms with Crippen molar-refractivity contribution in [2.45, 2.75) is 45.6 Å². The zero-order chi connectivity index (χ0) is 13.8. The van der Waals surface area contributed by atoms with E-state index >= 15 is 0 Å². The average molecular weight is 265 g/mol. The molecular weight excluding hydrogens is 246 g/mol. The van der Waals surface area contributed by atoms with E-state index in [4.69, 9.17) is 4.52 Å². The number of rotatable bonds is 4. The zero-order valence-electron chi connectivity index (χ0n) is 11.3. The maximum absolute atomic E-state index is 11.9. The van der Waals surface area contributed by atoms with Gasteiger partial charge in [0.15, 0.2) is 5.82 Å². The molecule has 0 spiro atoms. The van der Waals surface area contributed by atoms with Gasteiger partial charge >= 0.3 is 0 Å². The van der Waals surface area contributed by atoms with E-state index in [1.165, 1.54) is 6.92 Å². The molecule has 2 amide bonds. The molecule has 2 rings (SSSR count). The Morgan fingerprint density at radius 1 is 1.47 bits per heavy atom. The van der Waals surface area contributed by atoms with Gasteiger partial charge in [0.1, 0.15) is 12.3 Å². The predicted octanol–water partition coefficient (Wildman–Crippen LogP) is 1.71. The Balaban J connectivity index is 1.93. The first kappa shape index (κ1) is 13.6. The zero-order valence-corrected chi connectivity index (χ0v) is 11.3. The van der Waals surface area contributed by atoms with E-state index in [0.29, 0.717) is 11.6 Å². The summed E-state index contributed by atoms with van der Waals surface area (Å²) in [7, 11) is 0. The van der Waals surface area contributed by atoms with E-state index in [9.17, 15) is 9.59 Å².